The summed E-state index contributed by atoms with van der Waals surface area (Å²) >= 11 is 1.26. The normalized spacial score (nSPS) is 13.2. The van der Waals surface area contributed by atoms with E-state index in [0.717, 1.165) is 11.3 Å². The third-order valence-electron chi connectivity index (χ3n) is 4.33. The Morgan fingerprint density at radius 3 is 2.89 bits per heavy atom. The van der Waals surface area contributed by atoms with E-state index < -0.39 is 4.92 Å². The molecule has 0 fully saturated rings. The number of nitrogens with zero attached hydrogens (tertiary/aromatic N) is 3. The second-order valence-corrected chi connectivity index (χ2v) is 7.36. The SMILES string of the molecule is Cc1cc(C)c2c(=O)[nH]c(SCc3cc([N+](=O)[O-])cc4c3OCOC4)nc2n1. The molecule has 144 valence electrons. The highest BCUT2D eigenvalue weighted by Gasteiger charge is 2.21. The van der Waals surface area contributed by atoms with Crippen LogP contribution < -0.4 is 10.3 Å². The molecule has 1 aliphatic heterocycles. The van der Waals surface area contributed by atoms with E-state index in [-0.39, 0.29) is 24.6 Å². The van der Waals surface area contributed by atoms with Crippen molar-refractivity contribution in [3.63, 3.8) is 0 Å². The van der Waals surface area contributed by atoms with Crippen LogP contribution in [0.25, 0.3) is 11.0 Å². The lowest BCUT2D eigenvalue weighted by Gasteiger charge is -2.20. The fourth-order valence-electron chi connectivity index (χ4n) is 3.17. The number of aromatic amines is 1. The average molecular weight is 400 g/mol. The number of hydrogen-bond donors (Lipinski definition) is 1. The van der Waals surface area contributed by atoms with Crippen LogP contribution in [0.15, 0.2) is 28.2 Å². The van der Waals surface area contributed by atoms with E-state index >= 15 is 0 Å². The summed E-state index contributed by atoms with van der Waals surface area (Å²) in [5.74, 6) is 0.917. The van der Waals surface area contributed by atoms with Gasteiger partial charge in [0.15, 0.2) is 17.6 Å². The molecule has 2 aromatic heterocycles. The number of nitro benzene ring substituents is 1. The first-order valence-electron chi connectivity index (χ1n) is 8.44. The molecule has 0 unspecified atom stereocenters. The molecule has 0 aliphatic carbocycles. The van der Waals surface area contributed by atoms with Crippen LogP contribution in [0.4, 0.5) is 5.69 Å². The van der Waals surface area contributed by atoms with Gasteiger partial charge in [0.2, 0.25) is 0 Å². The zero-order valence-corrected chi connectivity index (χ0v) is 16.0. The Bertz CT molecular complexity index is 1160. The van der Waals surface area contributed by atoms with Crippen LogP contribution in [0.5, 0.6) is 5.75 Å². The molecule has 1 N–H and O–H groups in total. The molecule has 3 aromatic rings. The van der Waals surface area contributed by atoms with E-state index in [9.17, 15) is 14.9 Å². The van der Waals surface area contributed by atoms with Crippen LogP contribution >= 0.6 is 11.8 Å². The minimum Gasteiger partial charge on any atom is -0.467 e. The predicted octanol–water partition coefficient (Wildman–Crippen LogP) is 3.00. The van der Waals surface area contributed by atoms with Gasteiger partial charge in [-0.05, 0) is 25.5 Å². The molecule has 3 heterocycles. The van der Waals surface area contributed by atoms with E-state index in [2.05, 4.69) is 15.0 Å². The van der Waals surface area contributed by atoms with E-state index in [1.807, 2.05) is 19.9 Å². The number of ether oxygens (including phenoxy) is 2. The lowest BCUT2D eigenvalue weighted by atomic mass is 10.1. The van der Waals surface area contributed by atoms with Gasteiger partial charge in [-0.2, -0.15) is 0 Å². The minimum atomic E-state index is -0.450. The van der Waals surface area contributed by atoms with E-state index in [0.29, 0.717) is 38.8 Å². The van der Waals surface area contributed by atoms with Crippen molar-refractivity contribution < 1.29 is 14.4 Å². The molecule has 0 saturated carbocycles. The van der Waals surface area contributed by atoms with E-state index in [4.69, 9.17) is 9.47 Å². The second kappa shape index (κ2) is 7.21. The molecule has 0 atom stereocenters. The maximum atomic E-state index is 12.4. The number of fused-ring (bicyclic) bond motifs is 2. The molecule has 4 rings (SSSR count). The highest BCUT2D eigenvalue weighted by molar-refractivity contribution is 7.98. The summed E-state index contributed by atoms with van der Waals surface area (Å²) < 4.78 is 10.8. The molecular weight excluding hydrogens is 384 g/mol. The van der Waals surface area contributed by atoms with Gasteiger partial charge in [0.05, 0.1) is 16.9 Å². The topological polar surface area (TPSA) is 120 Å². The summed E-state index contributed by atoms with van der Waals surface area (Å²) in [5, 5.41) is 12.1. The predicted molar refractivity (Wildman–Crippen MR) is 103 cm³/mol. The number of rotatable bonds is 4. The maximum Gasteiger partial charge on any atom is 0.270 e. The molecule has 9 nitrogen and oxygen atoms in total. The zero-order chi connectivity index (χ0) is 19.8. The van der Waals surface area contributed by atoms with Gasteiger partial charge in [-0.15, -0.1) is 0 Å². The van der Waals surface area contributed by atoms with Gasteiger partial charge in [0.1, 0.15) is 5.75 Å². The molecule has 0 bridgehead atoms. The van der Waals surface area contributed by atoms with Gasteiger partial charge in [0, 0.05) is 34.7 Å². The Morgan fingerprint density at radius 1 is 1.29 bits per heavy atom. The summed E-state index contributed by atoms with van der Waals surface area (Å²) in [7, 11) is 0. The molecule has 1 aliphatic rings. The van der Waals surface area contributed by atoms with Crippen molar-refractivity contribution in [2.24, 2.45) is 0 Å². The fourth-order valence-corrected chi connectivity index (χ4v) is 3.99. The minimum absolute atomic E-state index is 0.0312. The van der Waals surface area contributed by atoms with Crippen LogP contribution in [0.1, 0.15) is 22.4 Å². The maximum absolute atomic E-state index is 12.4. The highest BCUT2D eigenvalue weighted by Crippen LogP contribution is 2.35. The van der Waals surface area contributed by atoms with Crippen LogP contribution in [0, 0.1) is 24.0 Å². The fraction of sp³-hybridized carbons (Fsp3) is 0.278. The van der Waals surface area contributed by atoms with Crippen molar-refractivity contribution in [1.29, 1.82) is 0 Å². The van der Waals surface area contributed by atoms with Crippen LogP contribution in [0.2, 0.25) is 0 Å². The number of non-ortho nitro benzene ring substituents is 1. The summed E-state index contributed by atoms with van der Waals surface area (Å²) in [4.78, 5) is 34.7. The van der Waals surface area contributed by atoms with Gasteiger partial charge in [0.25, 0.3) is 11.2 Å². The molecule has 0 spiro atoms. The molecule has 0 saturated heterocycles. The van der Waals surface area contributed by atoms with Crippen molar-refractivity contribution in [2.75, 3.05) is 6.79 Å². The Hall–Kier alpha value is -2.98. The van der Waals surface area contributed by atoms with Gasteiger partial charge in [-0.25, -0.2) is 9.97 Å². The first-order valence-corrected chi connectivity index (χ1v) is 9.43. The van der Waals surface area contributed by atoms with Crippen molar-refractivity contribution in [3.8, 4) is 5.75 Å². The smallest absolute Gasteiger partial charge is 0.270 e. The van der Waals surface area contributed by atoms with Crippen molar-refractivity contribution in [1.82, 2.24) is 15.0 Å². The molecule has 1 aromatic carbocycles. The number of nitrogens with one attached hydrogen (secondary N) is 1. The molecule has 0 amide bonds. The lowest BCUT2D eigenvalue weighted by molar-refractivity contribution is -0.385. The summed E-state index contributed by atoms with van der Waals surface area (Å²) in [5.41, 5.74) is 2.96. The van der Waals surface area contributed by atoms with Crippen LogP contribution in [-0.2, 0) is 17.1 Å². The molecule has 28 heavy (non-hydrogen) atoms. The highest BCUT2D eigenvalue weighted by atomic mass is 32.2. The number of H-pyrrole nitrogens is 1. The summed E-state index contributed by atoms with van der Waals surface area (Å²) in [6.07, 6.45) is 0. The van der Waals surface area contributed by atoms with Gasteiger partial charge >= 0.3 is 0 Å². The zero-order valence-electron chi connectivity index (χ0n) is 15.1. The van der Waals surface area contributed by atoms with E-state index in [1.54, 1.807) is 0 Å². The molecule has 0 radical (unpaired) electrons. The third-order valence-corrected chi connectivity index (χ3v) is 5.25. The quantitative estimate of drug-likeness (QED) is 0.307. The largest absolute Gasteiger partial charge is 0.467 e. The molecule has 10 heteroatoms. The van der Waals surface area contributed by atoms with E-state index in [1.165, 1.54) is 23.9 Å². The summed E-state index contributed by atoms with van der Waals surface area (Å²) in [6, 6.07) is 4.76. The first kappa shape index (κ1) is 18.4. The number of hydrogen-bond acceptors (Lipinski definition) is 8. The summed E-state index contributed by atoms with van der Waals surface area (Å²) in [6.45, 7) is 4.03. The van der Waals surface area contributed by atoms with Gasteiger partial charge < -0.3 is 14.5 Å². The standard InChI is InChI=1S/C18H16N4O5S/c1-9-3-10(2)19-16-14(9)17(23)21-18(20-16)28-7-12-5-13(22(24)25)4-11-6-26-8-27-15(11)12/h3-5H,6-8H2,1-2H3,(H,19,20,21,23). The van der Waals surface area contributed by atoms with Crippen LogP contribution in [0.3, 0.4) is 0 Å². The number of thioether (sulfide) groups is 1. The number of pyridine rings is 1. The Balaban J connectivity index is 1.69. The van der Waals surface area contributed by atoms with Gasteiger partial charge in [-0.3, -0.25) is 14.9 Å². The second-order valence-electron chi connectivity index (χ2n) is 6.40. The third kappa shape index (κ3) is 3.43. The number of aryl methyl sites for hydroxylation is 2. The Labute approximate surface area is 163 Å². The Morgan fingerprint density at radius 2 is 2.11 bits per heavy atom. The van der Waals surface area contributed by atoms with Crippen molar-refractivity contribution in [2.45, 2.75) is 31.4 Å². The average Bonchev–Trinajstić information content (AvgIpc) is 2.64. The van der Waals surface area contributed by atoms with Gasteiger partial charge in [-0.1, -0.05) is 11.8 Å². The molecular formula is C18H16N4O5S. The van der Waals surface area contributed by atoms with Crippen molar-refractivity contribution in [3.05, 3.63) is 61.1 Å². The number of aromatic nitrogens is 3. The number of benzene rings is 1. The van der Waals surface area contributed by atoms with Crippen molar-refractivity contribution >= 4 is 28.5 Å². The van der Waals surface area contributed by atoms with Crippen LogP contribution in [-0.4, -0.2) is 26.7 Å². The Kier molecular flexibility index (Phi) is 4.73. The lowest BCUT2D eigenvalue weighted by Crippen LogP contribution is -2.14. The first-order chi connectivity index (χ1) is 13.4. The monoisotopic (exact) mass is 400 g/mol. The number of nitro groups is 1.